The van der Waals surface area contributed by atoms with Crippen molar-refractivity contribution >= 4 is 11.8 Å². The van der Waals surface area contributed by atoms with E-state index < -0.39 is 11.0 Å². The molecule has 5 N–H and O–H groups in total. The maximum atomic E-state index is 10.0. The predicted molar refractivity (Wildman–Crippen MR) is 131 cm³/mol. The zero-order valence-electron chi connectivity index (χ0n) is 20.2. The molecule has 0 spiro atoms. The van der Waals surface area contributed by atoms with Gasteiger partial charge in [-0.15, -0.1) is 0 Å². The number of nitrogens with two attached hydrogens (primary N) is 2. The van der Waals surface area contributed by atoms with Gasteiger partial charge in [0.1, 0.15) is 5.82 Å². The molecule has 3 heterocycles. The van der Waals surface area contributed by atoms with E-state index in [4.69, 9.17) is 16.0 Å². The Morgan fingerprint density at radius 2 is 2.03 bits per heavy atom. The van der Waals surface area contributed by atoms with Gasteiger partial charge in [0.25, 0.3) is 5.89 Å². The number of hydrogen-bond acceptors (Lipinski definition) is 9. The topological polar surface area (TPSA) is 154 Å². The van der Waals surface area contributed by atoms with Crippen molar-refractivity contribution in [2.45, 2.75) is 52.2 Å². The van der Waals surface area contributed by atoms with Crippen LogP contribution in [0.25, 0.3) is 17.0 Å². The molecule has 1 atom stereocenters. The Hall–Kier alpha value is -3.79. The summed E-state index contributed by atoms with van der Waals surface area (Å²) in [5, 5.41) is 18.6. The van der Waals surface area contributed by atoms with Gasteiger partial charge in [-0.25, -0.2) is 4.99 Å². The lowest BCUT2D eigenvalue weighted by molar-refractivity contribution is 0.0577. The Labute approximate surface area is 199 Å². The number of nitrogens with zero attached hydrogens (tertiary/aromatic N) is 6. The summed E-state index contributed by atoms with van der Waals surface area (Å²) in [7, 11) is 0. The first kappa shape index (κ1) is 24.8. The van der Waals surface area contributed by atoms with E-state index in [1.54, 1.807) is 37.1 Å². The fourth-order valence-electron chi connectivity index (χ4n) is 3.45. The van der Waals surface area contributed by atoms with Crippen LogP contribution in [0.1, 0.15) is 51.7 Å². The zero-order valence-corrected chi connectivity index (χ0v) is 20.2. The van der Waals surface area contributed by atoms with Gasteiger partial charge in [0.2, 0.25) is 0 Å². The first-order valence-electron chi connectivity index (χ1n) is 10.9. The minimum atomic E-state index is -0.887. The lowest BCUT2D eigenvalue weighted by Crippen LogP contribution is -2.31. The minimum Gasteiger partial charge on any atom is -0.404 e. The molecule has 0 aliphatic heterocycles. The van der Waals surface area contributed by atoms with E-state index in [-0.39, 0.29) is 11.7 Å². The monoisotopic (exact) mass is 464 g/mol. The first-order valence-corrected chi connectivity index (χ1v) is 10.9. The average Bonchev–Trinajstić information content (AvgIpc) is 3.42. The van der Waals surface area contributed by atoms with Crippen molar-refractivity contribution in [2.24, 2.45) is 22.4 Å². The maximum Gasteiger partial charge on any atom is 0.261 e. The summed E-state index contributed by atoms with van der Waals surface area (Å²) in [5.41, 5.74) is 12.7. The van der Waals surface area contributed by atoms with Gasteiger partial charge in [-0.05, 0) is 38.3 Å². The van der Waals surface area contributed by atoms with Crippen molar-refractivity contribution in [1.82, 2.24) is 24.9 Å². The molecule has 0 bridgehead atoms. The molecule has 3 aromatic heterocycles. The van der Waals surface area contributed by atoms with Gasteiger partial charge in [-0.2, -0.15) is 10.1 Å². The molecule has 180 valence electrons. The Bertz CT molecular complexity index is 1200. The second-order valence-electron chi connectivity index (χ2n) is 9.32. The van der Waals surface area contributed by atoms with Gasteiger partial charge in [0, 0.05) is 30.4 Å². The summed E-state index contributed by atoms with van der Waals surface area (Å²) in [4.78, 5) is 13.2. The maximum absolute atomic E-state index is 10.0. The minimum absolute atomic E-state index is 0.134. The van der Waals surface area contributed by atoms with Crippen molar-refractivity contribution in [2.75, 3.05) is 0 Å². The highest BCUT2D eigenvalue weighted by Crippen LogP contribution is 2.38. The molecule has 10 heteroatoms. The summed E-state index contributed by atoms with van der Waals surface area (Å²) in [6.07, 6.45) is 8.14. The van der Waals surface area contributed by atoms with E-state index >= 15 is 0 Å². The Balaban J connectivity index is 1.92. The van der Waals surface area contributed by atoms with Crippen LogP contribution in [-0.2, 0) is 12.0 Å². The standard InChI is InChI=1S/C24H32N8O2/c1-15(2)24(6,19-7-8-20(28-12-19)17(9-25)10-27-16(3)26)22-30-21(34-31-22)18-11-29-32(13-18)14-23(4,5)33/h7-13,15,33H,3,14,25-26H2,1-2,4-6H3/b17-9+,27-10-/t24-/m1/s1. The van der Waals surface area contributed by atoms with Crippen LogP contribution in [0.3, 0.4) is 0 Å². The molecular formula is C24H32N8O2. The van der Waals surface area contributed by atoms with E-state index in [0.717, 1.165) is 5.56 Å². The Kier molecular flexibility index (Phi) is 7.01. The highest BCUT2D eigenvalue weighted by molar-refractivity contribution is 6.09. The number of aromatic nitrogens is 5. The molecule has 0 aromatic carbocycles. The fourth-order valence-corrected chi connectivity index (χ4v) is 3.45. The van der Waals surface area contributed by atoms with Gasteiger partial charge in [-0.1, -0.05) is 31.6 Å². The summed E-state index contributed by atoms with van der Waals surface area (Å²) in [6, 6.07) is 3.83. The predicted octanol–water partition coefficient (Wildman–Crippen LogP) is 2.86. The van der Waals surface area contributed by atoms with Crippen LogP contribution in [0.4, 0.5) is 0 Å². The molecule has 0 amide bonds. The molecule has 0 unspecified atom stereocenters. The zero-order chi connectivity index (χ0) is 25.1. The van der Waals surface area contributed by atoms with Gasteiger partial charge in [0.15, 0.2) is 5.82 Å². The lowest BCUT2D eigenvalue weighted by Gasteiger charge is -2.30. The van der Waals surface area contributed by atoms with Crippen molar-refractivity contribution in [3.8, 4) is 11.5 Å². The summed E-state index contributed by atoms with van der Waals surface area (Å²) in [5.74, 6) is 1.22. The van der Waals surface area contributed by atoms with E-state index in [0.29, 0.717) is 35.1 Å². The molecule has 0 saturated carbocycles. The highest BCUT2D eigenvalue weighted by atomic mass is 16.5. The second-order valence-corrected chi connectivity index (χ2v) is 9.32. The van der Waals surface area contributed by atoms with Crippen molar-refractivity contribution in [3.05, 3.63) is 66.4 Å². The van der Waals surface area contributed by atoms with Crippen LogP contribution in [0, 0.1) is 5.92 Å². The van der Waals surface area contributed by atoms with Gasteiger partial charge < -0.3 is 21.1 Å². The van der Waals surface area contributed by atoms with Crippen LogP contribution in [0.2, 0.25) is 0 Å². The number of hydrogen-bond donors (Lipinski definition) is 3. The lowest BCUT2D eigenvalue weighted by atomic mass is 9.73. The van der Waals surface area contributed by atoms with Crippen LogP contribution in [0.5, 0.6) is 0 Å². The molecule has 10 nitrogen and oxygen atoms in total. The number of aliphatic imine (C=N–C) groups is 1. The normalized spacial score (nSPS) is 14.6. The van der Waals surface area contributed by atoms with E-state index in [1.165, 1.54) is 12.4 Å². The van der Waals surface area contributed by atoms with Crippen molar-refractivity contribution in [3.63, 3.8) is 0 Å². The number of rotatable bonds is 9. The SMILES string of the molecule is C=C(N)/N=C\C(=C/N)c1ccc([C@](C)(c2noc(-c3cnn(CC(C)(C)O)c3)n2)C(C)C)cn1. The smallest absolute Gasteiger partial charge is 0.261 e. The van der Waals surface area contributed by atoms with Crippen LogP contribution in [0.15, 0.2) is 58.8 Å². The van der Waals surface area contributed by atoms with Crippen LogP contribution in [-0.4, -0.2) is 41.8 Å². The highest BCUT2D eigenvalue weighted by Gasteiger charge is 2.38. The number of allylic oxidation sites excluding steroid dienone is 1. The molecule has 0 saturated heterocycles. The molecule has 0 fully saturated rings. The number of pyridine rings is 1. The van der Waals surface area contributed by atoms with E-state index in [2.05, 4.69) is 52.6 Å². The van der Waals surface area contributed by atoms with Crippen molar-refractivity contribution in [1.29, 1.82) is 0 Å². The number of aliphatic hydroxyl groups is 1. The first-order chi connectivity index (χ1) is 15.9. The Morgan fingerprint density at radius 3 is 2.59 bits per heavy atom. The average molecular weight is 465 g/mol. The summed E-state index contributed by atoms with van der Waals surface area (Å²) in [6.45, 7) is 13.6. The molecular weight excluding hydrogens is 432 g/mol. The largest absolute Gasteiger partial charge is 0.404 e. The summed E-state index contributed by atoms with van der Waals surface area (Å²) < 4.78 is 7.23. The Morgan fingerprint density at radius 1 is 1.29 bits per heavy atom. The van der Waals surface area contributed by atoms with Gasteiger partial charge >= 0.3 is 0 Å². The van der Waals surface area contributed by atoms with Crippen molar-refractivity contribution < 1.29 is 9.63 Å². The van der Waals surface area contributed by atoms with E-state index in [1.807, 2.05) is 12.1 Å². The summed E-state index contributed by atoms with van der Waals surface area (Å²) >= 11 is 0. The molecule has 3 rings (SSSR count). The fraction of sp³-hybridized carbons (Fsp3) is 0.375. The van der Waals surface area contributed by atoms with Gasteiger partial charge in [-0.3, -0.25) is 9.67 Å². The third-order valence-corrected chi connectivity index (χ3v) is 5.68. The van der Waals surface area contributed by atoms with Crippen LogP contribution >= 0.6 is 0 Å². The second kappa shape index (κ2) is 9.60. The van der Waals surface area contributed by atoms with Crippen LogP contribution < -0.4 is 11.5 Å². The molecule has 0 radical (unpaired) electrons. The third-order valence-electron chi connectivity index (χ3n) is 5.68. The third kappa shape index (κ3) is 5.40. The molecule has 3 aromatic rings. The molecule has 0 aliphatic rings. The van der Waals surface area contributed by atoms with E-state index in [9.17, 15) is 5.11 Å². The quantitative estimate of drug-likeness (QED) is 0.408. The van der Waals surface area contributed by atoms with Gasteiger partial charge in [0.05, 0.1) is 35.0 Å². The molecule has 0 aliphatic carbocycles. The molecule has 34 heavy (non-hydrogen) atoms.